The first kappa shape index (κ1) is 21.3. The lowest BCUT2D eigenvalue weighted by molar-refractivity contribution is -0.141. The summed E-state index contributed by atoms with van der Waals surface area (Å²) in [4.78, 5) is 17.6. The van der Waals surface area contributed by atoms with Crippen molar-refractivity contribution in [2.75, 3.05) is 18.4 Å². The van der Waals surface area contributed by atoms with Crippen molar-refractivity contribution in [3.05, 3.63) is 42.5 Å². The van der Waals surface area contributed by atoms with Crippen molar-refractivity contribution in [2.45, 2.75) is 35.8 Å². The Bertz CT molecular complexity index is 824. The largest absolute Gasteiger partial charge is 0.433 e. The number of aromatic nitrogens is 3. The first-order valence-electron chi connectivity index (χ1n) is 8.89. The number of nitrogens with zero attached hydrogens (tertiary/aromatic N) is 4. The minimum atomic E-state index is -4.53. The number of anilines is 1. The normalized spacial score (nSPS) is 17.6. The molecule has 6 nitrogen and oxygen atoms in total. The van der Waals surface area contributed by atoms with Crippen molar-refractivity contribution < 1.29 is 22.4 Å². The summed E-state index contributed by atoms with van der Waals surface area (Å²) in [5, 5.41) is 8.33. The van der Waals surface area contributed by atoms with E-state index in [2.05, 4.69) is 20.5 Å². The number of likely N-dealkylation sites (tertiary alicyclic amines) is 1. The molecule has 3 rings (SSSR count). The molecule has 1 saturated heterocycles. The predicted octanol–water partition coefficient (Wildman–Crippen LogP) is 4.61. The highest BCUT2D eigenvalue weighted by Gasteiger charge is 2.39. The molecule has 3 heterocycles. The van der Waals surface area contributed by atoms with E-state index in [-0.39, 0.29) is 11.9 Å². The van der Waals surface area contributed by atoms with Gasteiger partial charge in [-0.1, -0.05) is 11.8 Å². The van der Waals surface area contributed by atoms with E-state index >= 15 is 4.39 Å². The third-order valence-corrected chi connectivity index (χ3v) is 5.90. The van der Waals surface area contributed by atoms with Gasteiger partial charge >= 0.3 is 12.2 Å². The molecule has 29 heavy (non-hydrogen) atoms. The van der Waals surface area contributed by atoms with Crippen LogP contribution in [0.4, 0.5) is 28.0 Å². The maximum Gasteiger partial charge on any atom is 0.433 e. The van der Waals surface area contributed by atoms with E-state index in [4.69, 9.17) is 0 Å². The fourth-order valence-electron chi connectivity index (χ4n) is 3.09. The molecule has 0 bridgehead atoms. The number of rotatable bonds is 4. The van der Waals surface area contributed by atoms with Gasteiger partial charge in [-0.05, 0) is 38.0 Å². The molecule has 0 aliphatic carbocycles. The summed E-state index contributed by atoms with van der Waals surface area (Å²) in [6.07, 6.45) is 0.284. The molecular weight excluding hydrogens is 410 g/mol. The van der Waals surface area contributed by atoms with Crippen LogP contribution < -0.4 is 5.32 Å². The molecule has 1 aliphatic rings. The van der Waals surface area contributed by atoms with E-state index in [1.54, 1.807) is 11.0 Å². The monoisotopic (exact) mass is 429 g/mol. The predicted molar refractivity (Wildman–Crippen MR) is 100.0 cm³/mol. The zero-order chi connectivity index (χ0) is 21.1. The number of carbonyl (C=O) groups is 1. The number of pyridine rings is 1. The smallest absolute Gasteiger partial charge is 0.325 e. The van der Waals surface area contributed by atoms with Gasteiger partial charge in [0.25, 0.3) is 0 Å². The molecule has 2 aromatic heterocycles. The van der Waals surface area contributed by atoms with Crippen molar-refractivity contribution >= 4 is 23.5 Å². The lowest BCUT2D eigenvalue weighted by atomic mass is 9.92. The quantitative estimate of drug-likeness (QED) is 0.568. The number of piperidine rings is 1. The Labute approximate surface area is 169 Å². The molecule has 1 atom stereocenters. The average Bonchev–Trinajstić information content (AvgIpc) is 2.68. The SMILES string of the molecule is CC(F)(Sc1ccc(C(F)(F)F)nc1)C1CCN(C(=O)Nc2ccnnc2)CC1. The summed E-state index contributed by atoms with van der Waals surface area (Å²) in [5.41, 5.74) is -0.487. The Hall–Kier alpha value is -2.43. The van der Waals surface area contributed by atoms with Gasteiger partial charge in [0, 0.05) is 30.1 Å². The molecule has 11 heteroatoms. The summed E-state index contributed by atoms with van der Waals surface area (Å²) in [5.74, 6) is -0.346. The fourth-order valence-corrected chi connectivity index (χ4v) is 4.19. The second-order valence-electron chi connectivity index (χ2n) is 6.79. The number of thioether (sulfide) groups is 1. The van der Waals surface area contributed by atoms with Crippen molar-refractivity contribution in [1.29, 1.82) is 0 Å². The second kappa shape index (κ2) is 8.52. The number of hydrogen-bond acceptors (Lipinski definition) is 5. The number of carbonyl (C=O) groups excluding carboxylic acids is 1. The van der Waals surface area contributed by atoms with Crippen molar-refractivity contribution in [3.8, 4) is 0 Å². The van der Waals surface area contributed by atoms with Gasteiger partial charge in [-0.15, -0.1) is 0 Å². The van der Waals surface area contributed by atoms with E-state index in [9.17, 15) is 18.0 Å². The summed E-state index contributed by atoms with van der Waals surface area (Å²) < 4.78 is 53.1. The van der Waals surface area contributed by atoms with Gasteiger partial charge in [0.2, 0.25) is 0 Å². The number of urea groups is 1. The van der Waals surface area contributed by atoms with Gasteiger partial charge < -0.3 is 10.2 Å². The van der Waals surface area contributed by atoms with Crippen LogP contribution >= 0.6 is 11.8 Å². The van der Waals surface area contributed by atoms with Gasteiger partial charge in [0.05, 0.1) is 18.1 Å². The van der Waals surface area contributed by atoms with Crippen LogP contribution in [0.25, 0.3) is 0 Å². The summed E-state index contributed by atoms with van der Waals surface area (Å²) in [6.45, 7) is 2.17. The number of hydrogen-bond donors (Lipinski definition) is 1. The van der Waals surface area contributed by atoms with E-state index in [1.807, 2.05) is 0 Å². The first-order valence-corrected chi connectivity index (χ1v) is 9.70. The Morgan fingerprint density at radius 1 is 1.14 bits per heavy atom. The van der Waals surface area contributed by atoms with Gasteiger partial charge in [-0.3, -0.25) is 4.98 Å². The molecule has 1 N–H and O–H groups in total. The van der Waals surface area contributed by atoms with Gasteiger partial charge in [0.1, 0.15) is 5.69 Å². The van der Waals surface area contributed by atoms with Crippen LogP contribution in [0.15, 0.2) is 41.7 Å². The van der Waals surface area contributed by atoms with Crippen LogP contribution in [-0.2, 0) is 6.18 Å². The maximum atomic E-state index is 15.3. The molecule has 1 unspecified atom stereocenters. The number of alkyl halides is 4. The molecule has 0 aromatic carbocycles. The molecule has 1 fully saturated rings. The number of nitrogens with one attached hydrogen (secondary N) is 1. The van der Waals surface area contributed by atoms with Crippen LogP contribution in [0.5, 0.6) is 0 Å². The molecule has 1 aliphatic heterocycles. The summed E-state index contributed by atoms with van der Waals surface area (Å²) in [6, 6.07) is 3.39. The van der Waals surface area contributed by atoms with Crippen LogP contribution in [0.1, 0.15) is 25.5 Å². The molecule has 2 aromatic rings. The Kier molecular flexibility index (Phi) is 6.25. The Morgan fingerprint density at radius 3 is 2.41 bits per heavy atom. The molecule has 0 radical (unpaired) electrons. The molecule has 0 saturated carbocycles. The van der Waals surface area contributed by atoms with Crippen LogP contribution in [0.2, 0.25) is 0 Å². The van der Waals surface area contributed by atoms with Gasteiger partial charge in [0.15, 0.2) is 5.00 Å². The minimum absolute atomic E-state index is 0.295. The zero-order valence-corrected chi connectivity index (χ0v) is 16.3. The molecule has 2 amide bonds. The Balaban J connectivity index is 1.54. The lowest BCUT2D eigenvalue weighted by Gasteiger charge is -2.37. The lowest BCUT2D eigenvalue weighted by Crippen LogP contribution is -2.44. The van der Waals surface area contributed by atoms with Gasteiger partial charge in [-0.25, -0.2) is 9.18 Å². The maximum absolute atomic E-state index is 15.3. The molecular formula is C18H19F4N5OS. The van der Waals surface area contributed by atoms with Gasteiger partial charge in [-0.2, -0.15) is 23.4 Å². The first-order chi connectivity index (χ1) is 13.6. The summed E-state index contributed by atoms with van der Waals surface area (Å²) in [7, 11) is 0. The highest BCUT2D eigenvalue weighted by molar-refractivity contribution is 8.00. The highest BCUT2D eigenvalue weighted by atomic mass is 32.2. The minimum Gasteiger partial charge on any atom is -0.325 e. The zero-order valence-electron chi connectivity index (χ0n) is 15.5. The topological polar surface area (TPSA) is 71.0 Å². The third kappa shape index (κ3) is 5.55. The van der Waals surface area contributed by atoms with Crippen molar-refractivity contribution in [2.24, 2.45) is 5.92 Å². The van der Waals surface area contributed by atoms with E-state index in [0.29, 0.717) is 36.5 Å². The number of amides is 2. The van der Waals surface area contributed by atoms with Crippen molar-refractivity contribution in [3.63, 3.8) is 0 Å². The average molecular weight is 429 g/mol. The number of halogens is 4. The standard InChI is InChI=1S/C18H19F4N5OS/c1-17(19,29-14-2-3-15(23-11-14)18(20,21)22)12-5-8-27(9-6-12)16(28)26-13-4-7-24-25-10-13/h2-4,7,10-12H,5-6,8-9H2,1H3,(H,24,26,28). The Morgan fingerprint density at radius 2 is 1.86 bits per heavy atom. The van der Waals surface area contributed by atoms with E-state index in [1.165, 1.54) is 25.4 Å². The van der Waals surface area contributed by atoms with Crippen LogP contribution in [-0.4, -0.2) is 44.2 Å². The highest BCUT2D eigenvalue weighted by Crippen LogP contribution is 2.44. The van der Waals surface area contributed by atoms with E-state index in [0.717, 1.165) is 24.0 Å². The molecule has 0 spiro atoms. The molecule has 156 valence electrons. The second-order valence-corrected chi connectivity index (χ2v) is 8.26. The van der Waals surface area contributed by atoms with Crippen molar-refractivity contribution in [1.82, 2.24) is 20.1 Å². The summed E-state index contributed by atoms with van der Waals surface area (Å²) >= 11 is 0.853. The van der Waals surface area contributed by atoms with Crippen LogP contribution in [0, 0.1) is 5.92 Å². The third-order valence-electron chi connectivity index (χ3n) is 4.69. The van der Waals surface area contributed by atoms with E-state index < -0.39 is 16.9 Å². The van der Waals surface area contributed by atoms with Crippen LogP contribution in [0.3, 0.4) is 0 Å². The fraction of sp³-hybridized carbons (Fsp3) is 0.444.